The van der Waals surface area contributed by atoms with Gasteiger partial charge in [-0.15, -0.1) is 0 Å². The molecule has 0 saturated carbocycles. The second-order valence-corrected chi connectivity index (χ2v) is 6.55. The monoisotopic (exact) mass is 293 g/mol. The molecule has 0 bridgehead atoms. The molecule has 1 heterocycles. The third kappa shape index (κ3) is 2.77. The van der Waals surface area contributed by atoms with Crippen LogP contribution in [0.4, 0.5) is 4.39 Å². The maximum Gasteiger partial charge on any atom is 0.309 e. The molecule has 2 atom stereocenters. The number of likely N-dealkylation sites (tertiary alicyclic amines) is 1. The molecule has 1 aliphatic rings. The number of aliphatic carboxylic acids is 1. The maximum atomic E-state index is 14.2. The number of amides is 1. The smallest absolute Gasteiger partial charge is 0.309 e. The van der Waals surface area contributed by atoms with Crippen molar-refractivity contribution < 1.29 is 19.1 Å². The Bertz CT molecular complexity index is 592. The predicted molar refractivity (Wildman–Crippen MR) is 76.2 cm³/mol. The third-order valence-electron chi connectivity index (χ3n) is 3.83. The molecule has 114 valence electrons. The van der Waals surface area contributed by atoms with E-state index in [2.05, 4.69) is 0 Å². The van der Waals surface area contributed by atoms with Gasteiger partial charge in [0.2, 0.25) is 5.91 Å². The first-order valence-electron chi connectivity index (χ1n) is 6.94. The minimum absolute atomic E-state index is 0.0926. The van der Waals surface area contributed by atoms with Crippen molar-refractivity contribution in [1.82, 2.24) is 4.90 Å². The first kappa shape index (κ1) is 15.5. The predicted octanol–water partition coefficient (Wildman–Crippen LogP) is 2.91. The topological polar surface area (TPSA) is 57.6 Å². The van der Waals surface area contributed by atoms with Crippen LogP contribution in [0.1, 0.15) is 44.4 Å². The summed E-state index contributed by atoms with van der Waals surface area (Å²) in [6.07, 6.45) is -0.0926. The number of carbonyl (C=O) groups excluding carboxylic acids is 1. The van der Waals surface area contributed by atoms with Gasteiger partial charge in [-0.25, -0.2) is 4.39 Å². The van der Waals surface area contributed by atoms with Crippen LogP contribution in [0.2, 0.25) is 0 Å². The summed E-state index contributed by atoms with van der Waals surface area (Å²) in [5.41, 5.74) is 0.550. The highest BCUT2D eigenvalue weighted by atomic mass is 19.1. The van der Waals surface area contributed by atoms with E-state index in [-0.39, 0.29) is 17.9 Å². The van der Waals surface area contributed by atoms with E-state index in [0.29, 0.717) is 0 Å². The molecule has 2 rings (SSSR count). The van der Waals surface area contributed by atoms with Gasteiger partial charge in [0.1, 0.15) is 5.82 Å². The molecule has 0 aromatic heterocycles. The van der Waals surface area contributed by atoms with Gasteiger partial charge in [0.05, 0.1) is 12.0 Å². The Morgan fingerprint density at radius 3 is 2.52 bits per heavy atom. The van der Waals surface area contributed by atoms with Crippen LogP contribution in [0.3, 0.4) is 0 Å². The van der Waals surface area contributed by atoms with Gasteiger partial charge >= 0.3 is 5.97 Å². The van der Waals surface area contributed by atoms with Crippen LogP contribution in [0.5, 0.6) is 0 Å². The highest BCUT2D eigenvalue weighted by molar-refractivity contribution is 5.88. The Balaban J connectivity index is 2.60. The zero-order valence-electron chi connectivity index (χ0n) is 12.7. The van der Waals surface area contributed by atoms with Crippen LogP contribution in [-0.4, -0.2) is 27.4 Å². The first-order chi connectivity index (χ1) is 9.62. The number of hydrogen-bond donors (Lipinski definition) is 1. The van der Waals surface area contributed by atoms with Gasteiger partial charge in [0.25, 0.3) is 0 Å². The first-order valence-corrected chi connectivity index (χ1v) is 6.94. The van der Waals surface area contributed by atoms with Gasteiger partial charge in [-0.05, 0) is 33.8 Å². The summed E-state index contributed by atoms with van der Waals surface area (Å²) in [4.78, 5) is 25.3. The Labute approximate surface area is 123 Å². The number of benzene rings is 1. The standard InChI is InChI=1S/C16H20FNO3/c1-9-5-6-12(17)10(7-9)14-11(15(20)21)8-13(19)18(14)16(2,3)4/h5-7,11,14H,8H2,1-4H3,(H,20,21). The molecule has 1 aromatic carbocycles. The summed E-state index contributed by atoms with van der Waals surface area (Å²) in [5.74, 6) is -2.71. The quantitative estimate of drug-likeness (QED) is 0.912. The molecule has 1 aliphatic heterocycles. The van der Waals surface area contributed by atoms with Crippen molar-refractivity contribution in [2.45, 2.75) is 45.7 Å². The molecule has 21 heavy (non-hydrogen) atoms. The van der Waals surface area contributed by atoms with Crippen molar-refractivity contribution >= 4 is 11.9 Å². The largest absolute Gasteiger partial charge is 0.481 e. The molecule has 1 saturated heterocycles. The average Bonchev–Trinajstić information content (AvgIpc) is 2.69. The zero-order chi connectivity index (χ0) is 15.9. The van der Waals surface area contributed by atoms with E-state index in [1.54, 1.807) is 12.1 Å². The maximum absolute atomic E-state index is 14.2. The van der Waals surface area contributed by atoms with Crippen LogP contribution in [0.15, 0.2) is 18.2 Å². The van der Waals surface area contributed by atoms with E-state index in [1.165, 1.54) is 11.0 Å². The van der Waals surface area contributed by atoms with Gasteiger partial charge in [-0.3, -0.25) is 9.59 Å². The SMILES string of the molecule is Cc1ccc(F)c(C2C(C(=O)O)CC(=O)N2C(C)(C)C)c1. The third-order valence-corrected chi connectivity index (χ3v) is 3.83. The summed E-state index contributed by atoms with van der Waals surface area (Å²) in [7, 11) is 0. The summed E-state index contributed by atoms with van der Waals surface area (Å²) < 4.78 is 14.2. The minimum Gasteiger partial charge on any atom is -0.481 e. The second kappa shape index (κ2) is 5.13. The van der Waals surface area contributed by atoms with E-state index >= 15 is 0 Å². The molecule has 0 aliphatic carbocycles. The van der Waals surface area contributed by atoms with Crippen LogP contribution in [0.25, 0.3) is 0 Å². The van der Waals surface area contributed by atoms with E-state index in [1.807, 2.05) is 27.7 Å². The fourth-order valence-electron chi connectivity index (χ4n) is 2.99. The van der Waals surface area contributed by atoms with Crippen LogP contribution < -0.4 is 0 Å². The lowest BCUT2D eigenvalue weighted by molar-refractivity contribution is -0.143. The normalized spacial score (nSPS) is 22.7. The van der Waals surface area contributed by atoms with Gasteiger partial charge in [0.15, 0.2) is 0 Å². The fourth-order valence-corrected chi connectivity index (χ4v) is 2.99. The highest BCUT2D eigenvalue weighted by Crippen LogP contribution is 2.43. The molecule has 5 heteroatoms. The van der Waals surface area contributed by atoms with Crippen LogP contribution in [0, 0.1) is 18.7 Å². The Hall–Kier alpha value is -1.91. The second-order valence-electron chi connectivity index (χ2n) is 6.55. The lowest BCUT2D eigenvalue weighted by atomic mass is 9.90. The molecular weight excluding hydrogens is 273 g/mol. The molecule has 0 spiro atoms. The molecule has 1 N–H and O–H groups in total. The zero-order valence-corrected chi connectivity index (χ0v) is 12.7. The number of carboxylic acid groups (broad SMARTS) is 1. The Morgan fingerprint density at radius 1 is 1.38 bits per heavy atom. The van der Waals surface area contributed by atoms with E-state index in [4.69, 9.17) is 0 Å². The Kier molecular flexibility index (Phi) is 3.78. The van der Waals surface area contributed by atoms with Crippen molar-refractivity contribution in [1.29, 1.82) is 0 Å². The average molecular weight is 293 g/mol. The summed E-state index contributed by atoms with van der Waals surface area (Å²) in [6.45, 7) is 7.30. The summed E-state index contributed by atoms with van der Waals surface area (Å²) >= 11 is 0. The number of halogens is 1. The van der Waals surface area contributed by atoms with Crippen molar-refractivity contribution in [2.24, 2.45) is 5.92 Å². The van der Waals surface area contributed by atoms with Gasteiger partial charge < -0.3 is 10.0 Å². The molecular formula is C16H20FNO3. The molecule has 0 radical (unpaired) electrons. The number of carboxylic acids is 1. The van der Waals surface area contributed by atoms with Crippen LogP contribution >= 0.6 is 0 Å². The fraction of sp³-hybridized carbons (Fsp3) is 0.500. The van der Waals surface area contributed by atoms with Gasteiger partial charge in [0, 0.05) is 17.5 Å². The van der Waals surface area contributed by atoms with E-state index in [9.17, 15) is 19.1 Å². The van der Waals surface area contributed by atoms with Gasteiger partial charge in [-0.2, -0.15) is 0 Å². The number of rotatable bonds is 2. The summed E-state index contributed by atoms with van der Waals surface area (Å²) in [5, 5.41) is 9.41. The molecule has 1 fully saturated rings. The van der Waals surface area contributed by atoms with Crippen molar-refractivity contribution in [3.05, 3.63) is 35.1 Å². The highest BCUT2D eigenvalue weighted by Gasteiger charge is 2.49. The van der Waals surface area contributed by atoms with Crippen molar-refractivity contribution in [3.63, 3.8) is 0 Å². The lowest BCUT2D eigenvalue weighted by Crippen LogP contribution is -2.44. The van der Waals surface area contributed by atoms with Crippen LogP contribution in [-0.2, 0) is 9.59 Å². The minimum atomic E-state index is -1.07. The Morgan fingerprint density at radius 2 is 2.00 bits per heavy atom. The van der Waals surface area contributed by atoms with Crippen molar-refractivity contribution in [3.8, 4) is 0 Å². The van der Waals surface area contributed by atoms with Crippen molar-refractivity contribution in [2.75, 3.05) is 0 Å². The number of carbonyl (C=O) groups is 2. The summed E-state index contributed by atoms with van der Waals surface area (Å²) in [6, 6.07) is 3.82. The van der Waals surface area contributed by atoms with Gasteiger partial charge in [-0.1, -0.05) is 17.7 Å². The molecule has 2 unspecified atom stereocenters. The number of aryl methyl sites for hydroxylation is 1. The van der Waals surface area contributed by atoms with E-state index < -0.39 is 29.3 Å². The van der Waals surface area contributed by atoms with E-state index in [0.717, 1.165) is 5.56 Å². The lowest BCUT2D eigenvalue weighted by Gasteiger charge is -2.38. The molecule has 4 nitrogen and oxygen atoms in total. The molecule has 1 amide bonds. The molecule has 1 aromatic rings. The number of nitrogens with zero attached hydrogens (tertiary/aromatic N) is 1. The number of hydrogen-bond acceptors (Lipinski definition) is 2.